The summed E-state index contributed by atoms with van der Waals surface area (Å²) in [6.45, 7) is 7.19. The Bertz CT molecular complexity index is 1160. The summed E-state index contributed by atoms with van der Waals surface area (Å²) in [5.41, 5.74) is 3.34. The molecule has 1 fully saturated rings. The molecule has 9 heteroatoms. The average Bonchev–Trinajstić information content (AvgIpc) is 3.28. The van der Waals surface area contributed by atoms with Gasteiger partial charge in [-0.05, 0) is 36.1 Å². The Labute approximate surface area is 198 Å². The first-order chi connectivity index (χ1) is 16.3. The molecule has 0 unspecified atom stereocenters. The molecule has 172 valence electrons. The van der Waals surface area contributed by atoms with Crippen LogP contribution in [0.1, 0.15) is 11.7 Å². The lowest BCUT2D eigenvalue weighted by Gasteiger charge is -2.42. The van der Waals surface area contributed by atoms with Gasteiger partial charge in [-0.1, -0.05) is 24.3 Å². The van der Waals surface area contributed by atoms with E-state index in [-0.39, 0.29) is 6.17 Å². The number of aromatic nitrogens is 2. The third-order valence-electron chi connectivity index (χ3n) is 6.63. The Balaban J connectivity index is 1.31. The number of thioether (sulfide) groups is 1. The minimum atomic E-state index is -0.0433. The van der Waals surface area contributed by atoms with E-state index in [4.69, 9.17) is 14.7 Å². The Morgan fingerprint density at radius 2 is 1.82 bits per heavy atom. The molecule has 0 saturated carbocycles. The summed E-state index contributed by atoms with van der Waals surface area (Å²) in [5.74, 6) is 1.85. The molecule has 8 nitrogen and oxygen atoms in total. The molecule has 2 aromatic carbocycles. The molecule has 4 heterocycles. The molecular weight excluding hydrogens is 434 g/mol. The number of aliphatic imine (C=N–C) groups is 1. The number of ether oxygens (including phenoxy) is 1. The zero-order valence-electron chi connectivity index (χ0n) is 18.9. The fourth-order valence-electron chi connectivity index (χ4n) is 4.78. The van der Waals surface area contributed by atoms with Gasteiger partial charge >= 0.3 is 0 Å². The maximum Gasteiger partial charge on any atom is 0.216 e. The summed E-state index contributed by atoms with van der Waals surface area (Å²) < 4.78 is 7.80. The highest BCUT2D eigenvalue weighted by Crippen LogP contribution is 2.34. The van der Waals surface area contributed by atoms with Crippen molar-refractivity contribution in [1.29, 1.82) is 0 Å². The van der Waals surface area contributed by atoms with Gasteiger partial charge in [-0.25, -0.2) is 9.98 Å². The number of fused-ring (bicyclic) bond motifs is 5. The molecule has 1 atom stereocenters. The molecule has 0 spiro atoms. The van der Waals surface area contributed by atoms with Crippen LogP contribution in [0, 0.1) is 0 Å². The Hall–Kier alpha value is -2.59. The number of para-hydroxylation sites is 2. The average molecular weight is 464 g/mol. The van der Waals surface area contributed by atoms with Crippen molar-refractivity contribution in [2.24, 2.45) is 4.99 Å². The molecule has 0 aliphatic carbocycles. The maximum atomic E-state index is 5.48. The number of nitrogens with zero attached hydrogens (tertiary/aromatic N) is 6. The van der Waals surface area contributed by atoms with Crippen LogP contribution < -0.4 is 10.2 Å². The molecule has 33 heavy (non-hydrogen) atoms. The van der Waals surface area contributed by atoms with Gasteiger partial charge in [-0.15, -0.1) is 11.8 Å². The van der Waals surface area contributed by atoms with E-state index >= 15 is 0 Å². The second-order valence-electron chi connectivity index (χ2n) is 8.63. The van der Waals surface area contributed by atoms with Crippen molar-refractivity contribution in [3.05, 3.63) is 54.1 Å². The van der Waals surface area contributed by atoms with E-state index in [0.29, 0.717) is 6.67 Å². The van der Waals surface area contributed by atoms with Crippen LogP contribution in [0.5, 0.6) is 0 Å². The molecule has 3 aromatic rings. The maximum absolute atomic E-state index is 5.48. The summed E-state index contributed by atoms with van der Waals surface area (Å²) in [5, 5.41) is 3.71. The van der Waals surface area contributed by atoms with Crippen molar-refractivity contribution in [2.45, 2.75) is 11.1 Å². The third-order valence-corrected chi connectivity index (χ3v) is 7.37. The molecule has 1 saturated heterocycles. The van der Waals surface area contributed by atoms with Crippen LogP contribution in [-0.4, -0.2) is 84.3 Å². The second-order valence-corrected chi connectivity index (χ2v) is 9.51. The minimum absolute atomic E-state index is 0.0433. The smallest absolute Gasteiger partial charge is 0.216 e. The largest absolute Gasteiger partial charge is 0.379 e. The highest BCUT2D eigenvalue weighted by Gasteiger charge is 2.35. The molecular formula is C24H29N7OS. The molecule has 6 rings (SSSR count). The molecule has 1 aromatic heterocycles. The van der Waals surface area contributed by atoms with Gasteiger partial charge in [0, 0.05) is 31.1 Å². The summed E-state index contributed by atoms with van der Waals surface area (Å²) in [7, 11) is 0. The van der Waals surface area contributed by atoms with Gasteiger partial charge in [0.2, 0.25) is 11.9 Å². The van der Waals surface area contributed by atoms with Crippen LogP contribution in [0.4, 0.5) is 5.95 Å². The number of morpholine rings is 1. The highest BCUT2D eigenvalue weighted by molar-refractivity contribution is 7.98. The quantitative estimate of drug-likeness (QED) is 0.584. The lowest BCUT2D eigenvalue weighted by atomic mass is 10.1. The molecule has 0 bridgehead atoms. The minimum Gasteiger partial charge on any atom is -0.379 e. The van der Waals surface area contributed by atoms with Crippen LogP contribution in [0.25, 0.3) is 11.0 Å². The fourth-order valence-corrected chi connectivity index (χ4v) is 5.18. The number of imidazole rings is 1. The number of hydrogen-bond donors (Lipinski definition) is 1. The zero-order valence-corrected chi connectivity index (χ0v) is 19.7. The predicted molar refractivity (Wildman–Crippen MR) is 133 cm³/mol. The topological polar surface area (TPSA) is 61.2 Å². The monoisotopic (exact) mass is 463 g/mol. The molecule has 1 N–H and O–H groups in total. The Morgan fingerprint density at radius 1 is 1.03 bits per heavy atom. The van der Waals surface area contributed by atoms with E-state index < -0.39 is 0 Å². The van der Waals surface area contributed by atoms with Crippen LogP contribution in [-0.2, 0) is 4.74 Å². The standard InChI is InChI=1S/C24H29N7OS/c1-33-19-8-6-18(7-9-19)22-27-23-25-16-29(11-10-28-12-14-32-15-13-28)17-30(23)24-26-20-4-2-3-5-21(20)31(22)24/h2-9,22H,10-17H2,1H3,(H,25,27)/t22-/m0/s1. The van der Waals surface area contributed by atoms with Crippen molar-refractivity contribution >= 4 is 34.7 Å². The van der Waals surface area contributed by atoms with Crippen LogP contribution in [0.15, 0.2) is 58.4 Å². The van der Waals surface area contributed by atoms with Crippen molar-refractivity contribution in [3.8, 4) is 0 Å². The van der Waals surface area contributed by atoms with Crippen LogP contribution in [0.3, 0.4) is 0 Å². The summed E-state index contributed by atoms with van der Waals surface area (Å²) in [4.78, 5) is 18.3. The van der Waals surface area contributed by atoms with Gasteiger partial charge < -0.3 is 10.1 Å². The Kier molecular flexibility index (Phi) is 5.71. The van der Waals surface area contributed by atoms with Gasteiger partial charge in [-0.3, -0.25) is 19.3 Å². The second kappa shape index (κ2) is 8.98. The van der Waals surface area contributed by atoms with E-state index in [9.17, 15) is 0 Å². The number of rotatable bonds is 5. The van der Waals surface area contributed by atoms with Gasteiger partial charge in [0.05, 0.1) is 37.6 Å². The number of anilines is 1. The highest BCUT2D eigenvalue weighted by atomic mass is 32.2. The van der Waals surface area contributed by atoms with Crippen LogP contribution >= 0.6 is 11.8 Å². The van der Waals surface area contributed by atoms with Gasteiger partial charge in [0.1, 0.15) is 6.17 Å². The first-order valence-corrected chi connectivity index (χ1v) is 12.7. The van der Waals surface area contributed by atoms with E-state index in [1.165, 1.54) is 10.5 Å². The normalized spacial score (nSPS) is 21.4. The third kappa shape index (κ3) is 3.99. The van der Waals surface area contributed by atoms with E-state index in [1.54, 1.807) is 11.8 Å². The first-order valence-electron chi connectivity index (χ1n) is 11.5. The molecule has 0 amide bonds. The molecule has 3 aliphatic rings. The van der Waals surface area contributed by atoms with E-state index in [0.717, 1.165) is 69.0 Å². The lowest BCUT2D eigenvalue weighted by Crippen LogP contribution is -2.58. The number of hydrogen-bond acceptors (Lipinski definition) is 8. The zero-order chi connectivity index (χ0) is 22.2. The van der Waals surface area contributed by atoms with E-state index in [1.807, 2.05) is 0 Å². The first kappa shape index (κ1) is 21.0. The number of guanidine groups is 1. The predicted octanol–water partition coefficient (Wildman–Crippen LogP) is 2.63. The lowest BCUT2D eigenvalue weighted by molar-refractivity contribution is 0.0334. The fraction of sp³-hybridized carbons (Fsp3) is 0.417. The van der Waals surface area contributed by atoms with Gasteiger partial charge in [0.15, 0.2) is 0 Å². The summed E-state index contributed by atoms with van der Waals surface area (Å²) in [6, 6.07) is 17.2. The summed E-state index contributed by atoms with van der Waals surface area (Å²) in [6.07, 6.45) is 2.06. The van der Waals surface area contributed by atoms with Gasteiger partial charge in [0.25, 0.3) is 0 Å². The number of benzene rings is 2. The van der Waals surface area contributed by atoms with Gasteiger partial charge in [-0.2, -0.15) is 0 Å². The molecule has 3 aliphatic heterocycles. The van der Waals surface area contributed by atoms with E-state index in [2.05, 4.69) is 79.4 Å². The van der Waals surface area contributed by atoms with Crippen LogP contribution in [0.2, 0.25) is 0 Å². The summed E-state index contributed by atoms with van der Waals surface area (Å²) >= 11 is 1.76. The number of nitrogens with one attached hydrogen (secondary N) is 1. The Morgan fingerprint density at radius 3 is 2.64 bits per heavy atom. The van der Waals surface area contributed by atoms with Crippen molar-refractivity contribution in [1.82, 2.24) is 24.7 Å². The van der Waals surface area contributed by atoms with Crippen molar-refractivity contribution in [3.63, 3.8) is 0 Å². The SMILES string of the molecule is CSc1ccc([C@H]2NC3=NCN(CCN4CCOCC4)CN3c3nc4ccccc4n32)cc1. The van der Waals surface area contributed by atoms with Crippen molar-refractivity contribution < 1.29 is 4.74 Å². The van der Waals surface area contributed by atoms with Crippen molar-refractivity contribution in [2.75, 3.05) is 63.9 Å². The molecule has 0 radical (unpaired) electrons.